The first-order valence-corrected chi connectivity index (χ1v) is 11.8. The molecule has 1 saturated heterocycles. The molecule has 2 aromatic rings. The summed E-state index contributed by atoms with van der Waals surface area (Å²) in [4.78, 5) is 26.4. The number of halogens is 2. The van der Waals surface area contributed by atoms with E-state index < -0.39 is 22.5 Å². The molecule has 0 atom stereocenters. The third kappa shape index (κ3) is 5.06. The van der Waals surface area contributed by atoms with Crippen LogP contribution in [0.2, 0.25) is 10.0 Å². The Morgan fingerprint density at radius 1 is 1.20 bits per heavy atom. The van der Waals surface area contributed by atoms with Crippen LogP contribution in [0.25, 0.3) is 0 Å². The van der Waals surface area contributed by atoms with Gasteiger partial charge in [-0.15, -0.1) is 0 Å². The molecule has 0 spiro atoms. The molecule has 1 fully saturated rings. The molecule has 0 aliphatic carbocycles. The molecule has 2 amide bonds. The molecule has 0 unspecified atom stereocenters. The third-order valence-corrected chi connectivity index (χ3v) is 6.40. The largest absolute Gasteiger partial charge is 0.324 e. The maximum Gasteiger partial charge on any atom is 0.245 e. The molecule has 3 rings (SSSR count). The van der Waals surface area contributed by atoms with Crippen LogP contribution in [0, 0.1) is 6.92 Å². The highest BCUT2D eigenvalue weighted by molar-refractivity contribution is 7.92. The topological polar surface area (TPSA) is 86.8 Å². The van der Waals surface area contributed by atoms with Crippen molar-refractivity contribution in [2.75, 3.05) is 33.9 Å². The summed E-state index contributed by atoms with van der Waals surface area (Å²) in [6, 6.07) is 9.61. The number of benzene rings is 2. The minimum Gasteiger partial charge on any atom is -0.324 e. The van der Waals surface area contributed by atoms with Crippen molar-refractivity contribution in [1.82, 2.24) is 0 Å². The van der Waals surface area contributed by atoms with Gasteiger partial charge in [-0.2, -0.15) is 0 Å². The van der Waals surface area contributed by atoms with Gasteiger partial charge in [0, 0.05) is 29.4 Å². The van der Waals surface area contributed by atoms with Gasteiger partial charge >= 0.3 is 0 Å². The van der Waals surface area contributed by atoms with Crippen LogP contribution in [0.15, 0.2) is 36.4 Å². The average Bonchev–Trinajstić information content (AvgIpc) is 3.08. The highest BCUT2D eigenvalue weighted by atomic mass is 35.5. The average molecular weight is 470 g/mol. The summed E-state index contributed by atoms with van der Waals surface area (Å²) in [5, 5.41) is 3.14. The highest BCUT2D eigenvalue weighted by Crippen LogP contribution is 2.31. The van der Waals surface area contributed by atoms with Crippen LogP contribution in [0.3, 0.4) is 0 Å². The lowest BCUT2D eigenvalue weighted by Crippen LogP contribution is -2.37. The van der Waals surface area contributed by atoms with Crippen LogP contribution in [-0.2, 0) is 19.6 Å². The van der Waals surface area contributed by atoms with E-state index in [0.717, 1.165) is 28.2 Å². The molecule has 10 heteroatoms. The zero-order valence-electron chi connectivity index (χ0n) is 16.5. The van der Waals surface area contributed by atoms with Crippen LogP contribution in [0.1, 0.15) is 18.4 Å². The van der Waals surface area contributed by atoms with Crippen molar-refractivity contribution >= 4 is 62.1 Å². The van der Waals surface area contributed by atoms with Crippen LogP contribution in [0.5, 0.6) is 0 Å². The summed E-state index contributed by atoms with van der Waals surface area (Å²) in [6.45, 7) is 2.04. The summed E-state index contributed by atoms with van der Waals surface area (Å²) in [5.74, 6) is -0.514. The van der Waals surface area contributed by atoms with Gasteiger partial charge < -0.3 is 10.2 Å². The van der Waals surface area contributed by atoms with E-state index in [-0.39, 0.29) is 16.6 Å². The van der Waals surface area contributed by atoms with Crippen molar-refractivity contribution in [2.24, 2.45) is 0 Å². The molecule has 1 heterocycles. The van der Waals surface area contributed by atoms with Gasteiger partial charge in [-0.3, -0.25) is 13.9 Å². The molecule has 0 radical (unpaired) electrons. The first kappa shape index (κ1) is 22.4. The van der Waals surface area contributed by atoms with Gasteiger partial charge in [-0.25, -0.2) is 8.42 Å². The predicted octanol–water partition coefficient (Wildman–Crippen LogP) is 3.83. The maximum absolute atomic E-state index is 12.6. The number of amides is 2. The second-order valence-electron chi connectivity index (χ2n) is 7.06. The normalized spacial score (nSPS) is 14.1. The number of aryl methyl sites for hydroxylation is 1. The van der Waals surface area contributed by atoms with E-state index in [4.69, 9.17) is 23.2 Å². The van der Waals surface area contributed by atoms with Crippen LogP contribution in [-0.4, -0.2) is 39.6 Å². The Bertz CT molecular complexity index is 1110. The van der Waals surface area contributed by atoms with Gasteiger partial charge in [0.25, 0.3) is 0 Å². The minimum atomic E-state index is -3.80. The van der Waals surface area contributed by atoms with E-state index in [9.17, 15) is 18.0 Å². The molecular weight excluding hydrogens is 449 g/mol. The van der Waals surface area contributed by atoms with E-state index in [1.54, 1.807) is 23.1 Å². The van der Waals surface area contributed by atoms with Crippen LogP contribution in [0.4, 0.5) is 17.1 Å². The van der Waals surface area contributed by atoms with Crippen molar-refractivity contribution in [1.29, 1.82) is 0 Å². The molecular formula is C20H21Cl2N3O4S. The van der Waals surface area contributed by atoms with Crippen LogP contribution < -0.4 is 14.5 Å². The quantitative estimate of drug-likeness (QED) is 0.695. The number of carbonyl (C=O) groups excluding carboxylic acids is 2. The van der Waals surface area contributed by atoms with E-state index in [1.807, 2.05) is 6.92 Å². The van der Waals surface area contributed by atoms with E-state index in [2.05, 4.69) is 5.32 Å². The number of nitrogens with one attached hydrogen (secondary N) is 1. The number of hydrogen-bond donors (Lipinski definition) is 1. The summed E-state index contributed by atoms with van der Waals surface area (Å²) >= 11 is 12.1. The first-order chi connectivity index (χ1) is 14.1. The fourth-order valence-corrected chi connectivity index (χ4v) is 4.57. The van der Waals surface area contributed by atoms with Gasteiger partial charge in [0.15, 0.2) is 0 Å². The van der Waals surface area contributed by atoms with Crippen molar-refractivity contribution < 1.29 is 18.0 Å². The van der Waals surface area contributed by atoms with Crippen molar-refractivity contribution in [3.8, 4) is 0 Å². The molecule has 1 aliphatic rings. The lowest BCUT2D eigenvalue weighted by molar-refractivity contribution is -0.117. The number of rotatable bonds is 6. The van der Waals surface area contributed by atoms with Crippen molar-refractivity contribution in [2.45, 2.75) is 19.8 Å². The van der Waals surface area contributed by atoms with Gasteiger partial charge in [0.2, 0.25) is 21.8 Å². The number of anilines is 3. The summed E-state index contributed by atoms with van der Waals surface area (Å²) in [6.07, 6.45) is 2.28. The second kappa shape index (κ2) is 8.83. The SMILES string of the molecule is Cc1ccc(NC(=O)CN(c2cc(Cl)ccc2Cl)S(C)(=O)=O)cc1N1CCCC1=O. The van der Waals surface area contributed by atoms with Gasteiger partial charge in [0.1, 0.15) is 6.54 Å². The molecule has 160 valence electrons. The van der Waals surface area contributed by atoms with E-state index in [0.29, 0.717) is 23.7 Å². The summed E-state index contributed by atoms with van der Waals surface area (Å²) in [7, 11) is -3.80. The highest BCUT2D eigenvalue weighted by Gasteiger charge is 2.25. The van der Waals surface area contributed by atoms with Crippen molar-refractivity contribution in [3.63, 3.8) is 0 Å². The number of nitrogens with zero attached hydrogens (tertiary/aromatic N) is 2. The van der Waals surface area contributed by atoms with Gasteiger partial charge in [0.05, 0.1) is 17.0 Å². The second-order valence-corrected chi connectivity index (χ2v) is 9.81. The van der Waals surface area contributed by atoms with Crippen LogP contribution >= 0.6 is 23.2 Å². The monoisotopic (exact) mass is 469 g/mol. The number of sulfonamides is 1. The molecule has 2 aromatic carbocycles. The third-order valence-electron chi connectivity index (χ3n) is 4.72. The Balaban J connectivity index is 1.83. The standard InChI is InChI=1S/C20H21Cl2N3O4S/c1-13-5-7-15(11-17(13)24-9-3-4-20(24)27)23-19(26)12-25(30(2,28)29)18-10-14(21)6-8-16(18)22/h5-8,10-11H,3-4,9,12H2,1-2H3,(H,23,26). The predicted molar refractivity (Wildman–Crippen MR) is 120 cm³/mol. The summed E-state index contributed by atoms with van der Waals surface area (Å²) in [5.41, 5.74) is 2.22. The molecule has 1 N–H and O–H groups in total. The zero-order valence-corrected chi connectivity index (χ0v) is 18.8. The summed E-state index contributed by atoms with van der Waals surface area (Å²) < 4.78 is 25.5. The number of hydrogen-bond acceptors (Lipinski definition) is 4. The molecule has 1 aliphatic heterocycles. The molecule has 7 nitrogen and oxygen atoms in total. The fourth-order valence-electron chi connectivity index (χ4n) is 3.27. The Morgan fingerprint density at radius 2 is 1.93 bits per heavy atom. The lowest BCUT2D eigenvalue weighted by Gasteiger charge is -2.23. The minimum absolute atomic E-state index is 0.0421. The van der Waals surface area contributed by atoms with Gasteiger partial charge in [-0.05, 0) is 49.2 Å². The Morgan fingerprint density at radius 3 is 2.57 bits per heavy atom. The molecule has 30 heavy (non-hydrogen) atoms. The first-order valence-electron chi connectivity index (χ1n) is 9.20. The van der Waals surface area contributed by atoms with E-state index >= 15 is 0 Å². The number of carbonyl (C=O) groups is 2. The molecule has 0 saturated carbocycles. The van der Waals surface area contributed by atoms with E-state index in [1.165, 1.54) is 18.2 Å². The van der Waals surface area contributed by atoms with Crippen molar-refractivity contribution in [3.05, 3.63) is 52.0 Å². The molecule has 0 bridgehead atoms. The van der Waals surface area contributed by atoms with Gasteiger partial charge in [-0.1, -0.05) is 29.3 Å². The maximum atomic E-state index is 12.6. The Labute approximate surface area is 185 Å². The smallest absolute Gasteiger partial charge is 0.245 e. The Kier molecular flexibility index (Phi) is 6.59. The Hall–Kier alpha value is -2.29. The zero-order chi connectivity index (χ0) is 22.1. The lowest BCUT2D eigenvalue weighted by atomic mass is 10.1. The molecule has 0 aromatic heterocycles. The fraction of sp³-hybridized carbons (Fsp3) is 0.300.